The van der Waals surface area contributed by atoms with E-state index in [4.69, 9.17) is 0 Å². The molecule has 0 spiro atoms. The number of hydrogen-bond donors (Lipinski definition) is 0. The van der Waals surface area contributed by atoms with Crippen LogP contribution in [0.2, 0.25) is 0 Å². The molecule has 0 bridgehead atoms. The maximum atomic E-state index is 2.39. The Morgan fingerprint density at radius 3 is 1.16 bits per heavy atom. The number of hydrogen-bond acceptors (Lipinski definition) is 0. The minimum absolute atomic E-state index is 1.30. The smallest absolute Gasteiger partial charge is 0.00201 e. The lowest BCUT2D eigenvalue weighted by molar-refractivity contribution is 1.79. The Morgan fingerprint density at radius 1 is 0.250 bits per heavy atom. The minimum Gasteiger partial charge on any atom is -0.0616 e. The van der Waals surface area contributed by atoms with Crippen molar-refractivity contribution in [2.24, 2.45) is 0 Å². The van der Waals surface area contributed by atoms with E-state index in [-0.39, 0.29) is 0 Å². The Labute approximate surface area is 184 Å². The summed E-state index contributed by atoms with van der Waals surface area (Å²) in [6, 6.07) is 40.6. The van der Waals surface area contributed by atoms with E-state index in [0.29, 0.717) is 0 Å². The molecule has 32 heavy (non-hydrogen) atoms. The van der Waals surface area contributed by atoms with E-state index in [9.17, 15) is 0 Å². The van der Waals surface area contributed by atoms with Crippen molar-refractivity contribution in [2.75, 3.05) is 0 Å². The van der Waals surface area contributed by atoms with Gasteiger partial charge in [0.1, 0.15) is 0 Å². The molecule has 8 aromatic rings. The fourth-order valence-corrected chi connectivity index (χ4v) is 5.92. The molecule has 0 N–H and O–H groups in total. The fourth-order valence-electron chi connectivity index (χ4n) is 5.92. The van der Waals surface area contributed by atoms with Gasteiger partial charge in [0.05, 0.1) is 0 Å². The average molecular weight is 402 g/mol. The summed E-state index contributed by atoms with van der Waals surface area (Å²) < 4.78 is 0. The van der Waals surface area contributed by atoms with Crippen LogP contribution in [0.5, 0.6) is 0 Å². The van der Waals surface area contributed by atoms with Crippen LogP contribution in [0, 0.1) is 0 Å². The molecule has 0 unspecified atom stereocenters. The molecule has 0 aliphatic heterocycles. The van der Waals surface area contributed by atoms with Crippen molar-refractivity contribution in [3.8, 4) is 0 Å². The Kier molecular flexibility index (Phi) is 2.97. The summed E-state index contributed by atoms with van der Waals surface area (Å²) in [5, 5.41) is 18.7. The second-order valence-corrected chi connectivity index (χ2v) is 8.94. The third-order valence-corrected chi connectivity index (χ3v) is 7.35. The molecule has 0 radical (unpaired) electrons. The summed E-state index contributed by atoms with van der Waals surface area (Å²) in [4.78, 5) is 0. The average Bonchev–Trinajstić information content (AvgIpc) is 2.86. The summed E-state index contributed by atoms with van der Waals surface area (Å²) in [6.07, 6.45) is 0. The van der Waals surface area contributed by atoms with Crippen molar-refractivity contribution in [3.05, 3.63) is 109 Å². The highest BCUT2D eigenvalue weighted by atomic mass is 14.2. The fraction of sp³-hybridized carbons (Fsp3) is 0. The first kappa shape index (κ1) is 16.5. The van der Waals surface area contributed by atoms with Gasteiger partial charge >= 0.3 is 0 Å². The molecule has 0 nitrogen and oxygen atoms in total. The first-order valence-electron chi connectivity index (χ1n) is 11.2. The van der Waals surface area contributed by atoms with Gasteiger partial charge in [0.2, 0.25) is 0 Å². The van der Waals surface area contributed by atoms with Crippen LogP contribution in [-0.4, -0.2) is 0 Å². The third-order valence-electron chi connectivity index (χ3n) is 7.35. The van der Waals surface area contributed by atoms with Crippen molar-refractivity contribution in [1.29, 1.82) is 0 Å². The van der Waals surface area contributed by atoms with Gasteiger partial charge in [-0.3, -0.25) is 0 Å². The summed E-state index contributed by atoms with van der Waals surface area (Å²) in [7, 11) is 0. The van der Waals surface area contributed by atoms with Crippen LogP contribution in [0.25, 0.3) is 75.4 Å². The first-order valence-corrected chi connectivity index (χ1v) is 11.2. The highest BCUT2D eigenvalue weighted by Crippen LogP contribution is 2.43. The van der Waals surface area contributed by atoms with E-state index in [1.165, 1.54) is 75.4 Å². The highest BCUT2D eigenvalue weighted by Gasteiger charge is 2.15. The molecule has 0 saturated carbocycles. The second kappa shape index (κ2) is 5.75. The molecule has 0 aliphatic rings. The Morgan fingerprint density at radius 2 is 0.656 bits per heavy atom. The molecule has 8 rings (SSSR count). The molecule has 0 heterocycles. The normalized spacial score (nSPS) is 12.4. The van der Waals surface area contributed by atoms with Gasteiger partial charge in [0, 0.05) is 0 Å². The van der Waals surface area contributed by atoms with Crippen molar-refractivity contribution in [1.82, 2.24) is 0 Å². The van der Waals surface area contributed by atoms with Crippen molar-refractivity contribution in [3.63, 3.8) is 0 Å². The quantitative estimate of drug-likeness (QED) is 0.175. The predicted molar refractivity (Wildman–Crippen MR) is 140 cm³/mol. The van der Waals surface area contributed by atoms with Gasteiger partial charge in [-0.1, -0.05) is 97.1 Å². The zero-order valence-electron chi connectivity index (χ0n) is 17.4. The largest absolute Gasteiger partial charge is 0.0616 e. The zero-order chi connectivity index (χ0) is 20.8. The molecule has 0 saturated heterocycles. The summed E-state index contributed by atoms with van der Waals surface area (Å²) >= 11 is 0. The van der Waals surface area contributed by atoms with E-state index in [1.54, 1.807) is 0 Å². The Bertz CT molecular complexity index is 1880. The van der Waals surface area contributed by atoms with Crippen LogP contribution >= 0.6 is 0 Å². The first-order chi connectivity index (χ1) is 15.9. The molecule has 0 aromatic heterocycles. The molecule has 0 amide bonds. The lowest BCUT2D eigenvalue weighted by atomic mass is 9.87. The third kappa shape index (κ3) is 1.98. The predicted octanol–water partition coefficient (Wildman–Crippen LogP) is 9.20. The van der Waals surface area contributed by atoms with Crippen LogP contribution < -0.4 is 0 Å². The van der Waals surface area contributed by atoms with Gasteiger partial charge in [-0.2, -0.15) is 0 Å². The second-order valence-electron chi connectivity index (χ2n) is 8.94. The molecule has 146 valence electrons. The van der Waals surface area contributed by atoms with E-state index in [0.717, 1.165) is 0 Å². The topological polar surface area (TPSA) is 0 Å². The van der Waals surface area contributed by atoms with Crippen molar-refractivity contribution < 1.29 is 0 Å². The molecule has 8 aromatic carbocycles. The maximum absolute atomic E-state index is 2.39. The van der Waals surface area contributed by atoms with Gasteiger partial charge in [0.15, 0.2) is 0 Å². The molecular formula is C32H18. The SMILES string of the molecule is c1ccc2c(c1)ccc1c2cc2ccc3c4ccc5ccccc5c4cc4ccc1c2c43. The van der Waals surface area contributed by atoms with Crippen LogP contribution in [0.4, 0.5) is 0 Å². The molecular weight excluding hydrogens is 384 g/mol. The lowest BCUT2D eigenvalue weighted by Crippen LogP contribution is -1.88. The van der Waals surface area contributed by atoms with Crippen LogP contribution in [0.3, 0.4) is 0 Å². The summed E-state index contributed by atoms with van der Waals surface area (Å²) in [6.45, 7) is 0. The van der Waals surface area contributed by atoms with E-state index < -0.39 is 0 Å². The van der Waals surface area contributed by atoms with Crippen molar-refractivity contribution >= 4 is 75.4 Å². The number of rotatable bonds is 0. The monoisotopic (exact) mass is 402 g/mol. The Balaban J connectivity index is 1.63. The Hall–Kier alpha value is -4.16. The van der Waals surface area contributed by atoms with Crippen LogP contribution in [0.15, 0.2) is 109 Å². The number of benzene rings is 8. The summed E-state index contributed by atoms with van der Waals surface area (Å²) in [5.41, 5.74) is 0. The van der Waals surface area contributed by atoms with E-state index in [1.807, 2.05) is 0 Å². The summed E-state index contributed by atoms with van der Waals surface area (Å²) in [5.74, 6) is 0. The highest BCUT2D eigenvalue weighted by molar-refractivity contribution is 6.35. The van der Waals surface area contributed by atoms with E-state index >= 15 is 0 Å². The van der Waals surface area contributed by atoms with Gasteiger partial charge in [-0.25, -0.2) is 0 Å². The van der Waals surface area contributed by atoms with Gasteiger partial charge in [-0.05, 0) is 87.5 Å². The van der Waals surface area contributed by atoms with Crippen molar-refractivity contribution in [2.45, 2.75) is 0 Å². The number of fused-ring (bicyclic) bond motifs is 8. The minimum atomic E-state index is 1.30. The van der Waals surface area contributed by atoms with Crippen LogP contribution in [0.1, 0.15) is 0 Å². The molecule has 0 atom stereocenters. The molecule has 0 fully saturated rings. The molecule has 0 heteroatoms. The van der Waals surface area contributed by atoms with Gasteiger partial charge in [-0.15, -0.1) is 0 Å². The zero-order valence-corrected chi connectivity index (χ0v) is 17.4. The van der Waals surface area contributed by atoms with Gasteiger partial charge < -0.3 is 0 Å². The van der Waals surface area contributed by atoms with Crippen LogP contribution in [-0.2, 0) is 0 Å². The standard InChI is InChI=1S/C32H18/c1-3-7-23-19(5-1)9-13-25-27-15-12-22-18-30-24-8-4-2-6-20(24)10-14-26(30)28-16-11-21(17-29(23)25)31(27)32(22)28/h1-18H. The van der Waals surface area contributed by atoms with E-state index in [2.05, 4.69) is 109 Å². The maximum Gasteiger partial charge on any atom is -0.00201 e. The molecule has 0 aliphatic carbocycles. The lowest BCUT2D eigenvalue weighted by Gasteiger charge is -2.16. The van der Waals surface area contributed by atoms with Gasteiger partial charge in [0.25, 0.3) is 0 Å².